The van der Waals surface area contributed by atoms with E-state index in [4.69, 9.17) is 5.73 Å². The first-order chi connectivity index (χ1) is 6.15. The molecule has 0 saturated heterocycles. The summed E-state index contributed by atoms with van der Waals surface area (Å²) in [5.74, 6) is 2.70. The number of nitrogens with two attached hydrogens (primary N) is 1. The molecule has 1 heterocycles. The second-order valence-corrected chi connectivity index (χ2v) is 4.50. The van der Waals surface area contributed by atoms with Crippen molar-refractivity contribution in [2.45, 2.75) is 32.6 Å². The lowest BCUT2D eigenvalue weighted by atomic mass is 10.4. The Morgan fingerprint density at radius 2 is 2.31 bits per heavy atom. The van der Waals surface area contributed by atoms with E-state index in [0.717, 1.165) is 17.2 Å². The van der Waals surface area contributed by atoms with Gasteiger partial charge in [-0.2, -0.15) is 11.8 Å². The molecule has 13 heavy (non-hydrogen) atoms. The normalized spacial score (nSPS) is 11.1. The number of nitrogens with zero attached hydrogens (tertiary/aromatic N) is 2. The largest absolute Gasteiger partial charge is 0.369 e. The summed E-state index contributed by atoms with van der Waals surface area (Å²) < 4.78 is 2.01. The quantitative estimate of drug-likeness (QED) is 0.809. The van der Waals surface area contributed by atoms with Crippen molar-refractivity contribution in [3.8, 4) is 0 Å². The summed E-state index contributed by atoms with van der Waals surface area (Å²) in [6.07, 6.45) is 2.04. The van der Waals surface area contributed by atoms with Crippen LogP contribution >= 0.6 is 11.8 Å². The van der Waals surface area contributed by atoms with E-state index < -0.39 is 0 Å². The molecule has 1 rings (SSSR count). The lowest BCUT2D eigenvalue weighted by Gasteiger charge is -2.06. The molecule has 0 saturated carbocycles. The van der Waals surface area contributed by atoms with Gasteiger partial charge in [0.25, 0.3) is 0 Å². The van der Waals surface area contributed by atoms with Gasteiger partial charge in [-0.15, -0.1) is 0 Å². The molecule has 2 N–H and O–H groups in total. The molecule has 1 aromatic rings. The van der Waals surface area contributed by atoms with Crippen LogP contribution in [0.15, 0.2) is 6.20 Å². The molecule has 0 radical (unpaired) electrons. The van der Waals surface area contributed by atoms with Crippen LogP contribution < -0.4 is 5.73 Å². The molecule has 1 aromatic heterocycles. The smallest absolute Gasteiger partial charge is 0.200 e. The number of hydrogen-bond donors (Lipinski definition) is 1. The minimum absolute atomic E-state index is 0.396. The van der Waals surface area contributed by atoms with Crippen molar-refractivity contribution < 1.29 is 0 Å². The second-order valence-electron chi connectivity index (χ2n) is 3.23. The van der Waals surface area contributed by atoms with Gasteiger partial charge >= 0.3 is 0 Å². The molecule has 0 atom stereocenters. The topological polar surface area (TPSA) is 43.8 Å². The number of nitrogen functional groups attached to an aromatic ring is 1. The van der Waals surface area contributed by atoms with Crippen molar-refractivity contribution in [2.75, 3.05) is 11.5 Å². The summed E-state index contributed by atoms with van der Waals surface area (Å²) in [5, 5.41) is 0. The summed E-state index contributed by atoms with van der Waals surface area (Å²) in [4.78, 5) is 4.29. The predicted molar refractivity (Wildman–Crippen MR) is 58.9 cm³/mol. The third kappa shape index (κ3) is 2.66. The van der Waals surface area contributed by atoms with Gasteiger partial charge in [-0.25, -0.2) is 4.98 Å². The van der Waals surface area contributed by atoms with Crippen molar-refractivity contribution in [3.05, 3.63) is 11.9 Å². The van der Waals surface area contributed by atoms with Gasteiger partial charge in [-0.3, -0.25) is 0 Å². The summed E-state index contributed by atoms with van der Waals surface area (Å²) in [6, 6.07) is 0.396. The zero-order valence-electron chi connectivity index (χ0n) is 8.45. The number of hydrogen-bond acceptors (Lipinski definition) is 3. The molecular weight excluding hydrogens is 182 g/mol. The van der Waals surface area contributed by atoms with E-state index >= 15 is 0 Å². The van der Waals surface area contributed by atoms with E-state index in [1.807, 2.05) is 22.5 Å². The maximum atomic E-state index is 5.76. The third-order valence-corrected chi connectivity index (χ3v) is 2.73. The van der Waals surface area contributed by atoms with E-state index in [2.05, 4.69) is 25.8 Å². The van der Waals surface area contributed by atoms with Crippen molar-refractivity contribution in [3.63, 3.8) is 0 Å². The molecule has 0 unspecified atom stereocenters. The summed E-state index contributed by atoms with van der Waals surface area (Å²) in [7, 11) is 0. The Kier molecular flexibility index (Phi) is 3.66. The van der Waals surface area contributed by atoms with Crippen molar-refractivity contribution in [1.82, 2.24) is 9.55 Å². The fraction of sp³-hybridized carbons (Fsp3) is 0.667. The lowest BCUT2D eigenvalue weighted by molar-refractivity contribution is 0.608. The molecule has 0 aliphatic carbocycles. The molecule has 0 aliphatic heterocycles. The van der Waals surface area contributed by atoms with Crippen LogP contribution in [0.5, 0.6) is 0 Å². The SMILES string of the molecule is CCSCc1cn(C(C)C)c(N)n1. The number of aromatic nitrogens is 2. The van der Waals surface area contributed by atoms with Gasteiger partial charge in [0, 0.05) is 18.0 Å². The average Bonchev–Trinajstić information content (AvgIpc) is 2.43. The van der Waals surface area contributed by atoms with Crippen LogP contribution in [0.4, 0.5) is 5.95 Å². The fourth-order valence-electron chi connectivity index (χ4n) is 1.15. The Balaban J connectivity index is 2.71. The first-order valence-electron chi connectivity index (χ1n) is 4.56. The average molecular weight is 199 g/mol. The summed E-state index contributed by atoms with van der Waals surface area (Å²) in [6.45, 7) is 6.36. The monoisotopic (exact) mass is 199 g/mol. The maximum Gasteiger partial charge on any atom is 0.200 e. The highest BCUT2D eigenvalue weighted by molar-refractivity contribution is 7.98. The first-order valence-corrected chi connectivity index (χ1v) is 5.71. The van der Waals surface area contributed by atoms with Gasteiger partial charge in [-0.1, -0.05) is 6.92 Å². The molecule has 0 amide bonds. The third-order valence-electron chi connectivity index (χ3n) is 1.82. The van der Waals surface area contributed by atoms with Gasteiger partial charge in [0.15, 0.2) is 0 Å². The lowest BCUT2D eigenvalue weighted by Crippen LogP contribution is -2.03. The minimum atomic E-state index is 0.396. The Morgan fingerprint density at radius 3 is 2.77 bits per heavy atom. The van der Waals surface area contributed by atoms with Crippen LogP contribution in [-0.4, -0.2) is 15.3 Å². The van der Waals surface area contributed by atoms with E-state index in [-0.39, 0.29) is 0 Å². The Hall–Kier alpha value is -0.640. The van der Waals surface area contributed by atoms with Gasteiger partial charge in [0.05, 0.1) is 5.69 Å². The predicted octanol–water partition coefficient (Wildman–Crippen LogP) is 2.30. The number of anilines is 1. The Labute approximate surface area is 83.7 Å². The highest BCUT2D eigenvalue weighted by atomic mass is 32.2. The maximum absolute atomic E-state index is 5.76. The molecule has 0 aliphatic rings. The molecule has 0 spiro atoms. The van der Waals surface area contributed by atoms with Crippen molar-refractivity contribution in [2.24, 2.45) is 0 Å². The van der Waals surface area contributed by atoms with Gasteiger partial charge in [-0.05, 0) is 19.6 Å². The van der Waals surface area contributed by atoms with Gasteiger partial charge in [0.2, 0.25) is 5.95 Å². The molecule has 0 bridgehead atoms. The zero-order valence-corrected chi connectivity index (χ0v) is 9.27. The van der Waals surface area contributed by atoms with E-state index in [0.29, 0.717) is 12.0 Å². The number of thioether (sulfide) groups is 1. The van der Waals surface area contributed by atoms with Crippen molar-refractivity contribution >= 4 is 17.7 Å². The fourth-order valence-corrected chi connectivity index (χ4v) is 1.70. The second kappa shape index (κ2) is 4.56. The van der Waals surface area contributed by atoms with Crippen LogP contribution in [0.25, 0.3) is 0 Å². The van der Waals surface area contributed by atoms with Crippen molar-refractivity contribution in [1.29, 1.82) is 0 Å². The van der Waals surface area contributed by atoms with Crippen LogP contribution in [0, 0.1) is 0 Å². The number of imidazole rings is 1. The van der Waals surface area contributed by atoms with Gasteiger partial charge < -0.3 is 10.3 Å². The molecular formula is C9H17N3S. The molecule has 4 heteroatoms. The van der Waals surface area contributed by atoms with Crippen LogP contribution in [0.1, 0.15) is 32.5 Å². The van der Waals surface area contributed by atoms with Gasteiger partial charge in [0.1, 0.15) is 0 Å². The van der Waals surface area contributed by atoms with Crippen LogP contribution in [0.2, 0.25) is 0 Å². The van der Waals surface area contributed by atoms with E-state index in [1.165, 1.54) is 0 Å². The molecule has 0 aromatic carbocycles. The summed E-state index contributed by atoms with van der Waals surface area (Å²) >= 11 is 1.86. The first kappa shape index (κ1) is 10.4. The molecule has 74 valence electrons. The molecule has 0 fully saturated rings. The highest BCUT2D eigenvalue weighted by Gasteiger charge is 2.06. The zero-order chi connectivity index (χ0) is 9.84. The van der Waals surface area contributed by atoms with E-state index in [1.54, 1.807) is 0 Å². The van der Waals surface area contributed by atoms with E-state index in [9.17, 15) is 0 Å². The standard InChI is InChI=1S/C9H17N3S/c1-4-13-6-8-5-12(7(2)3)9(10)11-8/h5,7H,4,6H2,1-3H3,(H2,10,11). The Bertz CT molecular complexity index is 268. The van der Waals surface area contributed by atoms with Crippen LogP contribution in [0.3, 0.4) is 0 Å². The highest BCUT2D eigenvalue weighted by Crippen LogP contribution is 2.16. The Morgan fingerprint density at radius 1 is 1.62 bits per heavy atom. The molecule has 3 nitrogen and oxygen atoms in total. The number of rotatable bonds is 4. The minimum Gasteiger partial charge on any atom is -0.369 e. The summed E-state index contributed by atoms with van der Waals surface area (Å²) in [5.41, 5.74) is 6.84. The van der Waals surface area contributed by atoms with Crippen LogP contribution in [-0.2, 0) is 5.75 Å².